The van der Waals surface area contributed by atoms with E-state index in [1.807, 2.05) is 0 Å². The van der Waals surface area contributed by atoms with Crippen molar-refractivity contribution in [3.05, 3.63) is 36.2 Å². The molecular weight excluding hydrogens is 327 g/mol. The van der Waals surface area contributed by atoms with Gasteiger partial charge in [0.1, 0.15) is 0 Å². The third-order valence-electron chi connectivity index (χ3n) is 3.79. The molecule has 7 nitrogen and oxygen atoms in total. The van der Waals surface area contributed by atoms with Crippen LogP contribution in [0, 0.1) is 0 Å². The lowest BCUT2D eigenvalue weighted by molar-refractivity contribution is -0.141. The quantitative estimate of drug-likeness (QED) is 0.901. The van der Waals surface area contributed by atoms with Gasteiger partial charge in [-0.15, -0.1) is 0 Å². The van der Waals surface area contributed by atoms with Crippen LogP contribution in [-0.2, 0) is 6.18 Å². The van der Waals surface area contributed by atoms with E-state index in [0.717, 1.165) is 18.5 Å². The van der Waals surface area contributed by atoms with Gasteiger partial charge in [-0.2, -0.15) is 18.3 Å². The molecule has 0 saturated carbocycles. The Labute approximate surface area is 134 Å². The summed E-state index contributed by atoms with van der Waals surface area (Å²) in [5.74, 6) is -0.646. The Morgan fingerprint density at radius 1 is 1.29 bits per heavy atom. The number of carbonyl (C=O) groups excluding carboxylic acids is 1. The molecule has 10 heteroatoms. The smallest absolute Gasteiger partial charge is 0.435 e. The molecule has 0 radical (unpaired) electrons. The van der Waals surface area contributed by atoms with Gasteiger partial charge in [0.2, 0.25) is 5.82 Å². The van der Waals surface area contributed by atoms with Crippen LogP contribution < -0.4 is 0 Å². The molecule has 1 unspecified atom stereocenters. The fraction of sp³-hybridized carbons (Fsp3) is 0.429. The Balaban J connectivity index is 1.73. The minimum Gasteiger partial charge on any atom is -0.505 e. The van der Waals surface area contributed by atoms with Gasteiger partial charge in [0.25, 0.3) is 5.91 Å². The number of nitrogens with zero attached hydrogens (tertiary/aromatic N) is 5. The van der Waals surface area contributed by atoms with Crippen LogP contribution in [0.3, 0.4) is 0 Å². The van der Waals surface area contributed by atoms with Crippen LogP contribution in [0.5, 0.6) is 5.75 Å². The maximum atomic E-state index is 12.6. The van der Waals surface area contributed by atoms with Crippen molar-refractivity contribution < 1.29 is 23.1 Å². The third kappa shape index (κ3) is 3.31. The van der Waals surface area contributed by atoms with Crippen molar-refractivity contribution in [3.8, 4) is 5.75 Å². The van der Waals surface area contributed by atoms with Crippen LogP contribution in [0.25, 0.3) is 0 Å². The monoisotopic (exact) mass is 341 g/mol. The van der Waals surface area contributed by atoms with Crippen molar-refractivity contribution >= 4 is 5.91 Å². The number of piperidine rings is 1. The summed E-state index contributed by atoms with van der Waals surface area (Å²) in [7, 11) is 0. The number of halogens is 3. The first-order chi connectivity index (χ1) is 11.3. The largest absolute Gasteiger partial charge is 0.505 e. The number of alkyl halides is 3. The second-order valence-electron chi connectivity index (χ2n) is 5.49. The molecule has 1 saturated heterocycles. The average molecular weight is 341 g/mol. The zero-order valence-corrected chi connectivity index (χ0v) is 12.4. The summed E-state index contributed by atoms with van der Waals surface area (Å²) in [5, 5.41) is 12.7. The lowest BCUT2D eigenvalue weighted by Crippen LogP contribution is -2.41. The fourth-order valence-corrected chi connectivity index (χ4v) is 2.62. The fourth-order valence-electron chi connectivity index (χ4n) is 2.62. The van der Waals surface area contributed by atoms with Gasteiger partial charge in [0.05, 0.1) is 18.4 Å². The molecular formula is C14H14F3N5O2. The van der Waals surface area contributed by atoms with E-state index in [4.69, 9.17) is 5.11 Å². The SMILES string of the molecule is O=C(c1ncc(O)cn1)N1CCCC(n2ccc(C(F)(F)F)n2)C1. The first-order valence-corrected chi connectivity index (χ1v) is 7.27. The number of aromatic nitrogens is 4. The summed E-state index contributed by atoms with van der Waals surface area (Å²) < 4.78 is 39.2. The van der Waals surface area contributed by atoms with Crippen molar-refractivity contribution in [1.29, 1.82) is 0 Å². The highest BCUT2D eigenvalue weighted by Gasteiger charge is 2.35. The van der Waals surface area contributed by atoms with Gasteiger partial charge in [0.15, 0.2) is 11.4 Å². The molecule has 1 amide bonds. The molecule has 24 heavy (non-hydrogen) atoms. The molecule has 2 aromatic rings. The molecule has 1 aliphatic rings. The van der Waals surface area contributed by atoms with Crippen LogP contribution >= 0.6 is 0 Å². The molecule has 1 fully saturated rings. The van der Waals surface area contributed by atoms with Crippen LogP contribution in [0.2, 0.25) is 0 Å². The molecule has 0 aromatic carbocycles. The van der Waals surface area contributed by atoms with Crippen molar-refractivity contribution in [2.24, 2.45) is 0 Å². The standard InChI is InChI=1S/C14H14F3N5O2/c15-14(16,17)11-3-5-22(20-11)9-2-1-4-21(8-9)13(24)12-18-6-10(23)7-19-12/h3,5-7,9,23H,1-2,4,8H2. The maximum Gasteiger partial charge on any atom is 0.435 e. The van der Waals surface area contributed by atoms with Gasteiger partial charge < -0.3 is 10.0 Å². The van der Waals surface area contributed by atoms with Gasteiger partial charge >= 0.3 is 6.18 Å². The Kier molecular flexibility index (Phi) is 4.12. The number of rotatable bonds is 2. The molecule has 3 heterocycles. The maximum absolute atomic E-state index is 12.6. The molecule has 2 aromatic heterocycles. The highest BCUT2D eigenvalue weighted by molar-refractivity contribution is 5.90. The van der Waals surface area contributed by atoms with Gasteiger partial charge in [-0.3, -0.25) is 9.48 Å². The first kappa shape index (κ1) is 16.2. The van der Waals surface area contributed by atoms with E-state index in [1.54, 1.807) is 0 Å². The topological polar surface area (TPSA) is 84.1 Å². The highest BCUT2D eigenvalue weighted by atomic mass is 19.4. The minimum atomic E-state index is -4.49. The van der Waals surface area contributed by atoms with Crippen molar-refractivity contribution in [2.45, 2.75) is 25.1 Å². The normalized spacial score (nSPS) is 18.6. The van der Waals surface area contributed by atoms with E-state index in [9.17, 15) is 18.0 Å². The van der Waals surface area contributed by atoms with E-state index < -0.39 is 17.8 Å². The Morgan fingerprint density at radius 3 is 2.62 bits per heavy atom. The number of amides is 1. The Hall–Kier alpha value is -2.65. The average Bonchev–Trinajstić information content (AvgIpc) is 3.05. The van der Waals surface area contributed by atoms with Crippen molar-refractivity contribution in [3.63, 3.8) is 0 Å². The van der Waals surface area contributed by atoms with Crippen LogP contribution in [0.1, 0.15) is 35.2 Å². The molecule has 1 aliphatic heterocycles. The summed E-state index contributed by atoms with van der Waals surface area (Å²) in [4.78, 5) is 21.4. The lowest BCUT2D eigenvalue weighted by atomic mass is 10.1. The zero-order valence-electron chi connectivity index (χ0n) is 12.4. The van der Waals surface area contributed by atoms with E-state index in [1.165, 1.54) is 15.8 Å². The molecule has 1 N–H and O–H groups in total. The third-order valence-corrected chi connectivity index (χ3v) is 3.79. The second kappa shape index (κ2) is 6.10. The number of likely N-dealkylation sites (tertiary alicyclic amines) is 1. The van der Waals surface area contributed by atoms with E-state index >= 15 is 0 Å². The van der Waals surface area contributed by atoms with E-state index in [0.29, 0.717) is 19.4 Å². The van der Waals surface area contributed by atoms with Crippen molar-refractivity contribution in [2.75, 3.05) is 13.1 Å². The summed E-state index contributed by atoms with van der Waals surface area (Å²) in [5.41, 5.74) is -0.951. The minimum absolute atomic E-state index is 0.0649. The van der Waals surface area contributed by atoms with Crippen LogP contribution in [0.15, 0.2) is 24.7 Å². The Morgan fingerprint density at radius 2 is 2.00 bits per heavy atom. The lowest BCUT2D eigenvalue weighted by Gasteiger charge is -2.32. The Bertz CT molecular complexity index is 729. The summed E-state index contributed by atoms with van der Waals surface area (Å²) >= 11 is 0. The number of carbonyl (C=O) groups is 1. The zero-order chi connectivity index (χ0) is 17.3. The van der Waals surface area contributed by atoms with Crippen LogP contribution in [0.4, 0.5) is 13.2 Å². The van der Waals surface area contributed by atoms with Gasteiger partial charge in [-0.05, 0) is 18.9 Å². The predicted molar refractivity (Wildman–Crippen MR) is 75.1 cm³/mol. The van der Waals surface area contributed by atoms with Gasteiger partial charge in [0, 0.05) is 19.3 Å². The van der Waals surface area contributed by atoms with E-state index in [-0.39, 0.29) is 24.2 Å². The highest BCUT2D eigenvalue weighted by Crippen LogP contribution is 2.29. The molecule has 128 valence electrons. The number of aromatic hydroxyl groups is 1. The van der Waals surface area contributed by atoms with E-state index in [2.05, 4.69) is 15.1 Å². The summed E-state index contributed by atoms with van der Waals surface area (Å²) in [6, 6.07) is 0.583. The molecule has 0 bridgehead atoms. The second-order valence-corrected chi connectivity index (χ2v) is 5.49. The van der Waals surface area contributed by atoms with Crippen LogP contribution in [-0.4, -0.2) is 48.8 Å². The molecule has 0 aliphatic carbocycles. The summed E-state index contributed by atoms with van der Waals surface area (Å²) in [6.07, 6.45) is 0.276. The number of hydrogen-bond acceptors (Lipinski definition) is 5. The predicted octanol–water partition coefficient (Wildman–Crippen LogP) is 1.87. The van der Waals surface area contributed by atoms with Gasteiger partial charge in [-0.25, -0.2) is 9.97 Å². The molecule has 3 rings (SSSR count). The molecule has 1 atom stereocenters. The summed E-state index contributed by atoms with van der Waals surface area (Å²) in [6.45, 7) is 0.689. The molecule has 0 spiro atoms. The van der Waals surface area contributed by atoms with Gasteiger partial charge in [-0.1, -0.05) is 0 Å². The van der Waals surface area contributed by atoms with Crippen molar-refractivity contribution in [1.82, 2.24) is 24.6 Å². The number of hydrogen-bond donors (Lipinski definition) is 1. The first-order valence-electron chi connectivity index (χ1n) is 7.27.